The van der Waals surface area contributed by atoms with E-state index in [1.807, 2.05) is 6.08 Å². The summed E-state index contributed by atoms with van der Waals surface area (Å²) in [5.41, 5.74) is 0. The van der Waals surface area contributed by atoms with E-state index in [9.17, 15) is 19.8 Å². The molecule has 0 aliphatic rings. The van der Waals surface area contributed by atoms with Gasteiger partial charge >= 0.3 is 5.97 Å². The molecule has 0 aliphatic carbocycles. The third-order valence-corrected chi connectivity index (χ3v) is 14.9. The van der Waals surface area contributed by atoms with Crippen LogP contribution in [0.5, 0.6) is 0 Å². The van der Waals surface area contributed by atoms with Gasteiger partial charge in [-0.1, -0.05) is 288 Å². The Hall–Kier alpha value is -1.92. The van der Waals surface area contributed by atoms with Gasteiger partial charge in [0.15, 0.2) is 0 Å². The molecule has 0 aromatic carbocycles. The fraction of sp³-hybridized carbons (Fsp3) is 0.879. The third kappa shape index (κ3) is 57.4. The van der Waals surface area contributed by atoms with E-state index >= 15 is 0 Å². The number of nitrogens with one attached hydrogen (secondary N) is 1. The lowest BCUT2D eigenvalue weighted by atomic mass is 10.0. The van der Waals surface area contributed by atoms with Crippen molar-refractivity contribution in [2.45, 2.75) is 360 Å². The maximum absolute atomic E-state index is 12.5. The highest BCUT2D eigenvalue weighted by Gasteiger charge is 2.18. The summed E-state index contributed by atoms with van der Waals surface area (Å²) in [5, 5.41) is 23.2. The van der Waals surface area contributed by atoms with Crippen LogP contribution < -0.4 is 5.32 Å². The lowest BCUT2D eigenvalue weighted by Gasteiger charge is -2.20. The Labute approximate surface area is 449 Å². The molecule has 0 aliphatic heterocycles. The van der Waals surface area contributed by atoms with Crippen molar-refractivity contribution in [3.63, 3.8) is 0 Å². The van der Waals surface area contributed by atoms with Gasteiger partial charge in [0, 0.05) is 12.8 Å². The van der Waals surface area contributed by atoms with Crippen molar-refractivity contribution < 1.29 is 24.5 Å². The number of aliphatic hydroxyl groups is 2. The Kier molecular flexibility index (Phi) is 60.0. The van der Waals surface area contributed by atoms with Gasteiger partial charge < -0.3 is 20.3 Å². The molecule has 0 rings (SSSR count). The van der Waals surface area contributed by atoms with Gasteiger partial charge in [-0.15, -0.1) is 0 Å². The van der Waals surface area contributed by atoms with E-state index < -0.39 is 12.1 Å². The maximum atomic E-state index is 12.5. The molecular formula is C66H125NO5. The molecule has 0 radical (unpaired) electrons. The summed E-state index contributed by atoms with van der Waals surface area (Å²) in [6.07, 6.45) is 77.6. The standard InChI is InChI=1S/C66H125NO5/c1-3-5-7-9-11-13-15-17-19-21-22-23-27-30-34-38-42-46-50-54-58-64(69)63(62-68)67-65(70)59-55-51-47-43-39-35-31-28-24-25-29-33-37-41-45-49-53-57-61-72-66(71)60-56-52-48-44-40-36-32-26-20-18-16-14-12-10-8-6-4-2/h18,20,28,31,54,58,63-64,68-69H,3-17,19,21-27,29-30,32-53,55-57,59-62H2,1-2H3,(H,67,70)/b20-18-,31-28-,58-54+. The van der Waals surface area contributed by atoms with Crippen LogP contribution in [0.3, 0.4) is 0 Å². The summed E-state index contributed by atoms with van der Waals surface area (Å²) >= 11 is 0. The molecular weight excluding hydrogens is 887 g/mol. The molecule has 0 aromatic heterocycles. The molecule has 3 N–H and O–H groups in total. The van der Waals surface area contributed by atoms with Crippen molar-refractivity contribution in [2.24, 2.45) is 0 Å². The average molecular weight is 1010 g/mol. The quantitative estimate of drug-likeness (QED) is 0.0320. The number of rotatable bonds is 60. The summed E-state index contributed by atoms with van der Waals surface area (Å²) in [6, 6.07) is -0.639. The first-order valence-electron chi connectivity index (χ1n) is 32.3. The maximum Gasteiger partial charge on any atom is 0.305 e. The van der Waals surface area contributed by atoms with Crippen molar-refractivity contribution in [1.29, 1.82) is 0 Å². The number of unbranched alkanes of at least 4 members (excludes halogenated alkanes) is 45. The van der Waals surface area contributed by atoms with Gasteiger partial charge in [0.25, 0.3) is 0 Å². The minimum absolute atomic E-state index is 0.000861. The first-order chi connectivity index (χ1) is 35.5. The summed E-state index contributed by atoms with van der Waals surface area (Å²) in [5.74, 6) is -0.0808. The van der Waals surface area contributed by atoms with E-state index in [-0.39, 0.29) is 18.5 Å². The minimum atomic E-state index is -0.854. The number of aliphatic hydroxyl groups excluding tert-OH is 2. The largest absolute Gasteiger partial charge is 0.466 e. The Morgan fingerprint density at radius 3 is 0.986 bits per heavy atom. The fourth-order valence-electron chi connectivity index (χ4n) is 9.92. The number of hydrogen-bond acceptors (Lipinski definition) is 5. The number of ether oxygens (including phenoxy) is 1. The molecule has 0 saturated carbocycles. The molecule has 2 unspecified atom stereocenters. The van der Waals surface area contributed by atoms with Crippen LogP contribution in [0.4, 0.5) is 0 Å². The van der Waals surface area contributed by atoms with Gasteiger partial charge in [0.05, 0.1) is 25.4 Å². The van der Waals surface area contributed by atoms with Crippen LogP contribution in [0.2, 0.25) is 0 Å². The molecule has 0 aromatic rings. The Balaban J connectivity index is 3.47. The molecule has 0 heterocycles. The van der Waals surface area contributed by atoms with Gasteiger partial charge in [-0.25, -0.2) is 0 Å². The topological polar surface area (TPSA) is 95.9 Å². The van der Waals surface area contributed by atoms with Crippen LogP contribution in [-0.2, 0) is 14.3 Å². The summed E-state index contributed by atoms with van der Waals surface area (Å²) in [4.78, 5) is 24.6. The predicted octanol–water partition coefficient (Wildman–Crippen LogP) is 20.4. The zero-order chi connectivity index (χ0) is 52.2. The van der Waals surface area contributed by atoms with Gasteiger partial charge in [0.1, 0.15) is 0 Å². The van der Waals surface area contributed by atoms with Crippen molar-refractivity contribution in [2.75, 3.05) is 13.2 Å². The lowest BCUT2D eigenvalue weighted by Crippen LogP contribution is -2.45. The second-order valence-corrected chi connectivity index (χ2v) is 22.1. The highest BCUT2D eigenvalue weighted by molar-refractivity contribution is 5.76. The van der Waals surface area contributed by atoms with Crippen molar-refractivity contribution in [3.05, 3.63) is 36.5 Å². The lowest BCUT2D eigenvalue weighted by molar-refractivity contribution is -0.143. The van der Waals surface area contributed by atoms with E-state index in [0.717, 1.165) is 57.8 Å². The van der Waals surface area contributed by atoms with E-state index in [0.29, 0.717) is 19.4 Å². The molecule has 0 spiro atoms. The molecule has 72 heavy (non-hydrogen) atoms. The fourth-order valence-corrected chi connectivity index (χ4v) is 9.92. The van der Waals surface area contributed by atoms with Gasteiger partial charge in [-0.3, -0.25) is 9.59 Å². The van der Waals surface area contributed by atoms with Crippen LogP contribution in [0.1, 0.15) is 348 Å². The van der Waals surface area contributed by atoms with Crippen LogP contribution >= 0.6 is 0 Å². The molecule has 424 valence electrons. The molecule has 0 bridgehead atoms. The zero-order valence-electron chi connectivity index (χ0n) is 48.4. The van der Waals surface area contributed by atoms with Gasteiger partial charge in [-0.05, 0) is 83.5 Å². The number of amides is 1. The Morgan fingerprint density at radius 2 is 0.653 bits per heavy atom. The average Bonchev–Trinajstić information content (AvgIpc) is 3.38. The van der Waals surface area contributed by atoms with E-state index in [1.165, 1.54) is 263 Å². The zero-order valence-corrected chi connectivity index (χ0v) is 48.4. The normalized spacial score (nSPS) is 12.8. The molecule has 2 atom stereocenters. The molecule has 6 heteroatoms. The Morgan fingerprint density at radius 1 is 0.375 bits per heavy atom. The monoisotopic (exact) mass is 1010 g/mol. The van der Waals surface area contributed by atoms with E-state index in [4.69, 9.17) is 4.74 Å². The van der Waals surface area contributed by atoms with Crippen LogP contribution in [-0.4, -0.2) is 47.4 Å². The third-order valence-electron chi connectivity index (χ3n) is 14.9. The summed E-state index contributed by atoms with van der Waals surface area (Å²) < 4.78 is 5.49. The van der Waals surface area contributed by atoms with Crippen LogP contribution in [0.25, 0.3) is 0 Å². The van der Waals surface area contributed by atoms with Crippen molar-refractivity contribution in [3.8, 4) is 0 Å². The highest BCUT2D eigenvalue weighted by Crippen LogP contribution is 2.17. The summed E-state index contributed by atoms with van der Waals surface area (Å²) in [6.45, 7) is 4.91. The van der Waals surface area contributed by atoms with Crippen LogP contribution in [0, 0.1) is 0 Å². The minimum Gasteiger partial charge on any atom is -0.466 e. The van der Waals surface area contributed by atoms with Crippen molar-refractivity contribution in [1.82, 2.24) is 5.32 Å². The number of hydrogen-bond donors (Lipinski definition) is 3. The SMILES string of the molecule is CCCCCCCC/C=C\CCCCCCCCCC(=O)OCCCCCCCCCCC/C=C\CCCCCCCC(=O)NC(CO)C(O)/C=C/CCCCCCCCCCCCCCCCCCCC. The summed E-state index contributed by atoms with van der Waals surface area (Å²) in [7, 11) is 0. The van der Waals surface area contributed by atoms with E-state index in [1.54, 1.807) is 6.08 Å². The van der Waals surface area contributed by atoms with Crippen molar-refractivity contribution >= 4 is 11.9 Å². The number of carbonyl (C=O) groups is 2. The first-order valence-corrected chi connectivity index (χ1v) is 32.3. The number of esters is 1. The molecule has 6 nitrogen and oxygen atoms in total. The second kappa shape index (κ2) is 61.6. The van der Waals surface area contributed by atoms with E-state index in [2.05, 4.69) is 43.5 Å². The first kappa shape index (κ1) is 70.1. The highest BCUT2D eigenvalue weighted by atomic mass is 16.5. The second-order valence-electron chi connectivity index (χ2n) is 22.1. The Bertz CT molecular complexity index is 1170. The molecule has 1 amide bonds. The van der Waals surface area contributed by atoms with Gasteiger partial charge in [0.2, 0.25) is 5.91 Å². The van der Waals surface area contributed by atoms with Crippen LogP contribution in [0.15, 0.2) is 36.5 Å². The molecule has 0 saturated heterocycles. The smallest absolute Gasteiger partial charge is 0.305 e. The van der Waals surface area contributed by atoms with Gasteiger partial charge in [-0.2, -0.15) is 0 Å². The molecule has 0 fully saturated rings. The number of allylic oxidation sites excluding steroid dienone is 5. The predicted molar refractivity (Wildman–Crippen MR) is 315 cm³/mol. The number of carbonyl (C=O) groups excluding carboxylic acids is 2.